The number of hydrogen-bond acceptors (Lipinski definition) is 5. The van der Waals surface area contributed by atoms with E-state index >= 15 is 0 Å². The summed E-state index contributed by atoms with van der Waals surface area (Å²) in [6, 6.07) is 16.0. The molecule has 0 unspecified atom stereocenters. The van der Waals surface area contributed by atoms with Crippen molar-refractivity contribution in [2.24, 2.45) is 10.7 Å². The molecule has 0 saturated heterocycles. The molecule has 4 rings (SSSR count). The number of nitrogens with two attached hydrogens (primary N) is 1. The number of aliphatic hydroxyl groups is 1. The molecule has 2 aliphatic rings. The number of guanidine groups is 1. The Bertz CT molecular complexity index is 1130. The highest BCUT2D eigenvalue weighted by molar-refractivity contribution is 5.99. The van der Waals surface area contributed by atoms with Crippen LogP contribution >= 0.6 is 0 Å². The number of hydrogen-bond donors (Lipinski definition) is 3. The molecule has 0 saturated carbocycles. The lowest BCUT2D eigenvalue weighted by atomic mass is 9.87. The topological polar surface area (TPSA) is 91.0 Å². The third-order valence-electron chi connectivity index (χ3n) is 7.60. The van der Waals surface area contributed by atoms with Crippen molar-refractivity contribution in [3.05, 3.63) is 70.8 Å². The Balaban J connectivity index is 1.57. The SMILES string of the molecule is C#CCC[C@@H](c1cccc(CN[C@@H]2c3ccccc3C[C@H]2O)c1)N1C(=O)CC(CC)(CC)N=C1N. The minimum absolute atomic E-state index is 0.00238. The van der Waals surface area contributed by atoms with Gasteiger partial charge in [-0.1, -0.05) is 62.4 Å². The Kier molecular flexibility index (Phi) is 7.59. The molecule has 2 aromatic carbocycles. The van der Waals surface area contributed by atoms with E-state index < -0.39 is 11.6 Å². The minimum Gasteiger partial charge on any atom is -0.391 e. The summed E-state index contributed by atoms with van der Waals surface area (Å²) in [6.45, 7) is 4.70. The van der Waals surface area contributed by atoms with Crippen LogP contribution in [0.5, 0.6) is 0 Å². The zero-order valence-corrected chi connectivity index (χ0v) is 20.7. The van der Waals surface area contributed by atoms with Crippen molar-refractivity contribution in [2.75, 3.05) is 0 Å². The van der Waals surface area contributed by atoms with Crippen LogP contribution in [-0.4, -0.2) is 33.5 Å². The molecule has 184 valence electrons. The number of amides is 1. The Labute approximate surface area is 208 Å². The summed E-state index contributed by atoms with van der Waals surface area (Å²) in [5.74, 6) is 2.98. The maximum absolute atomic E-state index is 13.3. The van der Waals surface area contributed by atoms with Crippen molar-refractivity contribution in [2.45, 2.75) is 82.6 Å². The molecule has 35 heavy (non-hydrogen) atoms. The minimum atomic E-state index is -0.446. The van der Waals surface area contributed by atoms with E-state index in [4.69, 9.17) is 17.1 Å². The average Bonchev–Trinajstić information content (AvgIpc) is 3.19. The number of nitrogens with one attached hydrogen (secondary N) is 1. The number of nitrogens with zero attached hydrogens (tertiary/aromatic N) is 2. The maximum atomic E-state index is 13.3. The number of benzene rings is 2. The van der Waals surface area contributed by atoms with Gasteiger partial charge in [-0.15, -0.1) is 12.3 Å². The van der Waals surface area contributed by atoms with Gasteiger partial charge >= 0.3 is 0 Å². The first-order chi connectivity index (χ1) is 16.9. The standard InChI is InChI=1S/C29H36N4O2/c1-4-7-15-24(33-26(35)18-29(5-2,6-3)32-28(33)30)22-13-10-11-20(16-22)19-31-27-23-14-9-8-12-21(23)17-25(27)34/h1,8-14,16,24-25,27,31,34H,5-7,15,17-19H2,2-3H3,(H2,30,32)/t24-,25+,27+/m0/s1. The number of fused-ring (bicyclic) bond motifs is 1. The average molecular weight is 473 g/mol. The van der Waals surface area contributed by atoms with E-state index in [1.807, 2.05) is 24.3 Å². The molecule has 1 aliphatic heterocycles. The molecule has 1 aliphatic carbocycles. The molecule has 0 bridgehead atoms. The fourth-order valence-corrected chi connectivity index (χ4v) is 5.45. The molecule has 0 aromatic heterocycles. The van der Waals surface area contributed by atoms with Gasteiger partial charge in [0.2, 0.25) is 5.91 Å². The van der Waals surface area contributed by atoms with E-state index in [1.165, 1.54) is 5.56 Å². The number of rotatable bonds is 9. The van der Waals surface area contributed by atoms with Crippen LogP contribution in [-0.2, 0) is 17.8 Å². The molecular weight excluding hydrogens is 436 g/mol. The second-order valence-electron chi connectivity index (χ2n) is 9.67. The summed E-state index contributed by atoms with van der Waals surface area (Å²) < 4.78 is 0. The summed E-state index contributed by atoms with van der Waals surface area (Å²) >= 11 is 0. The van der Waals surface area contributed by atoms with Crippen molar-refractivity contribution in [3.63, 3.8) is 0 Å². The monoisotopic (exact) mass is 472 g/mol. The van der Waals surface area contributed by atoms with Gasteiger partial charge < -0.3 is 16.2 Å². The van der Waals surface area contributed by atoms with Gasteiger partial charge in [0.25, 0.3) is 0 Å². The molecule has 3 atom stereocenters. The third kappa shape index (κ3) is 5.12. The first-order valence-electron chi connectivity index (χ1n) is 12.6. The van der Waals surface area contributed by atoms with Crippen molar-refractivity contribution < 1.29 is 9.90 Å². The molecule has 1 heterocycles. The Morgan fingerprint density at radius 1 is 1.26 bits per heavy atom. The third-order valence-corrected chi connectivity index (χ3v) is 7.60. The lowest BCUT2D eigenvalue weighted by molar-refractivity contribution is -0.131. The van der Waals surface area contributed by atoms with E-state index in [-0.39, 0.29) is 24.0 Å². The van der Waals surface area contributed by atoms with Gasteiger partial charge in [-0.05, 0) is 41.5 Å². The van der Waals surface area contributed by atoms with Crippen molar-refractivity contribution in [1.82, 2.24) is 10.2 Å². The van der Waals surface area contributed by atoms with Gasteiger partial charge in [-0.3, -0.25) is 9.69 Å². The van der Waals surface area contributed by atoms with Crippen LogP contribution in [0.3, 0.4) is 0 Å². The Morgan fingerprint density at radius 3 is 2.74 bits per heavy atom. The lowest BCUT2D eigenvalue weighted by Crippen LogP contribution is -2.52. The van der Waals surface area contributed by atoms with E-state index in [0.29, 0.717) is 32.2 Å². The summed E-state index contributed by atoms with van der Waals surface area (Å²) in [6.07, 6.45) is 8.84. The quantitative estimate of drug-likeness (QED) is 0.481. The molecule has 2 aromatic rings. The van der Waals surface area contributed by atoms with E-state index in [2.05, 4.69) is 49.4 Å². The van der Waals surface area contributed by atoms with Crippen LogP contribution in [0.25, 0.3) is 0 Å². The van der Waals surface area contributed by atoms with Crippen molar-refractivity contribution in [3.8, 4) is 12.3 Å². The molecule has 6 heteroatoms. The smallest absolute Gasteiger partial charge is 0.232 e. The van der Waals surface area contributed by atoms with Crippen molar-refractivity contribution in [1.29, 1.82) is 0 Å². The predicted octanol–water partition coefficient (Wildman–Crippen LogP) is 3.99. The van der Waals surface area contributed by atoms with Crippen LogP contribution in [0, 0.1) is 12.3 Å². The van der Waals surface area contributed by atoms with Gasteiger partial charge in [0.1, 0.15) is 0 Å². The first kappa shape index (κ1) is 25.0. The van der Waals surface area contributed by atoms with E-state index in [9.17, 15) is 9.90 Å². The largest absolute Gasteiger partial charge is 0.391 e. The highest BCUT2D eigenvalue weighted by Gasteiger charge is 2.40. The lowest BCUT2D eigenvalue weighted by Gasteiger charge is -2.40. The van der Waals surface area contributed by atoms with Gasteiger partial charge in [0, 0.05) is 19.4 Å². The van der Waals surface area contributed by atoms with Crippen LogP contribution in [0.15, 0.2) is 53.5 Å². The zero-order valence-electron chi connectivity index (χ0n) is 20.7. The number of carbonyl (C=O) groups is 1. The van der Waals surface area contributed by atoms with Gasteiger partial charge in [-0.25, -0.2) is 4.99 Å². The Hall–Kier alpha value is -3.14. The molecule has 0 spiro atoms. The van der Waals surface area contributed by atoms with E-state index in [0.717, 1.165) is 29.5 Å². The van der Waals surface area contributed by atoms with Gasteiger partial charge in [-0.2, -0.15) is 0 Å². The Morgan fingerprint density at radius 2 is 2.03 bits per heavy atom. The fraction of sp³-hybridized carbons (Fsp3) is 0.448. The molecule has 1 amide bonds. The zero-order chi connectivity index (χ0) is 25.0. The van der Waals surface area contributed by atoms with Crippen molar-refractivity contribution >= 4 is 11.9 Å². The molecular formula is C29H36N4O2. The summed E-state index contributed by atoms with van der Waals surface area (Å²) in [4.78, 5) is 19.8. The molecule has 4 N–H and O–H groups in total. The van der Waals surface area contributed by atoms with Gasteiger partial charge in [0.05, 0.1) is 30.1 Å². The first-order valence-corrected chi connectivity index (χ1v) is 12.6. The highest BCUT2D eigenvalue weighted by atomic mass is 16.3. The normalized spacial score (nSPS) is 21.8. The second-order valence-corrected chi connectivity index (χ2v) is 9.67. The second kappa shape index (κ2) is 10.6. The van der Waals surface area contributed by atoms with Crippen LogP contribution < -0.4 is 11.1 Å². The summed E-state index contributed by atoms with van der Waals surface area (Å²) in [5, 5.41) is 14.1. The molecule has 0 fully saturated rings. The van der Waals surface area contributed by atoms with Crippen LogP contribution in [0.4, 0.5) is 0 Å². The van der Waals surface area contributed by atoms with Crippen LogP contribution in [0.1, 0.15) is 80.3 Å². The summed E-state index contributed by atoms with van der Waals surface area (Å²) in [5.41, 5.74) is 10.4. The number of aliphatic hydroxyl groups excluding tert-OH is 1. The number of carbonyl (C=O) groups excluding carboxylic acids is 1. The van der Waals surface area contributed by atoms with E-state index in [1.54, 1.807) is 4.90 Å². The molecule has 0 radical (unpaired) electrons. The number of aliphatic imine (C=N–C) groups is 1. The van der Waals surface area contributed by atoms with Crippen LogP contribution in [0.2, 0.25) is 0 Å². The predicted molar refractivity (Wildman–Crippen MR) is 139 cm³/mol. The van der Waals surface area contributed by atoms with Gasteiger partial charge in [0.15, 0.2) is 5.96 Å². The number of terminal acetylenes is 1. The maximum Gasteiger partial charge on any atom is 0.232 e. The molecule has 6 nitrogen and oxygen atoms in total. The highest BCUT2D eigenvalue weighted by Crippen LogP contribution is 2.35. The fourth-order valence-electron chi connectivity index (χ4n) is 5.45. The summed E-state index contributed by atoms with van der Waals surface area (Å²) in [7, 11) is 0.